The van der Waals surface area contributed by atoms with Gasteiger partial charge in [-0.3, -0.25) is 37.3 Å². The van der Waals surface area contributed by atoms with Crippen LogP contribution in [0, 0.1) is 0 Å². The summed E-state index contributed by atoms with van der Waals surface area (Å²) < 4.78 is 68.0. The predicted octanol–water partition coefficient (Wildman–Crippen LogP) is 19.9. The highest BCUT2D eigenvalue weighted by atomic mass is 31.2. The Labute approximate surface area is 537 Å². The van der Waals surface area contributed by atoms with E-state index in [0.29, 0.717) is 25.7 Å². The van der Waals surface area contributed by atoms with Gasteiger partial charge in [-0.25, -0.2) is 9.13 Å². The highest BCUT2D eigenvalue weighted by Gasteiger charge is 2.30. The molecule has 0 aliphatic heterocycles. The van der Waals surface area contributed by atoms with Crippen molar-refractivity contribution in [2.75, 3.05) is 39.6 Å². The number of ether oxygens (including phenoxy) is 4. The molecule has 0 aliphatic carbocycles. The van der Waals surface area contributed by atoms with E-state index in [-0.39, 0.29) is 25.7 Å². The molecule has 0 aromatic heterocycles. The lowest BCUT2D eigenvalue weighted by Gasteiger charge is -2.21. The number of aliphatic hydroxyl groups is 1. The molecule has 0 bridgehead atoms. The fraction of sp³-hybridized carbons (Fsp3) is 0.942. The average Bonchev–Trinajstić information content (AvgIpc) is 3.70. The number of aliphatic hydroxyl groups excluding tert-OH is 1. The fourth-order valence-electron chi connectivity index (χ4n) is 10.5. The molecule has 19 heteroatoms. The Balaban J connectivity index is 5.14. The number of phosphoric acid groups is 2. The Hall–Kier alpha value is -1.94. The van der Waals surface area contributed by atoms with Gasteiger partial charge < -0.3 is 33.8 Å². The molecule has 2 unspecified atom stereocenters. The van der Waals surface area contributed by atoms with Gasteiger partial charge >= 0.3 is 39.5 Å². The van der Waals surface area contributed by atoms with Crippen LogP contribution in [0.4, 0.5) is 0 Å². The second-order valence-corrected chi connectivity index (χ2v) is 27.8. The molecule has 0 saturated carbocycles. The molecule has 0 radical (unpaired) electrons. The van der Waals surface area contributed by atoms with E-state index in [4.69, 9.17) is 37.0 Å². The molecule has 0 aromatic rings. The van der Waals surface area contributed by atoms with Crippen molar-refractivity contribution in [3.8, 4) is 0 Å². The topological polar surface area (TPSA) is 237 Å². The lowest BCUT2D eigenvalue weighted by atomic mass is 10.0. The molecule has 522 valence electrons. The number of carbonyl (C=O) groups is 4. The second kappa shape index (κ2) is 63.8. The lowest BCUT2D eigenvalue weighted by Crippen LogP contribution is -2.30. The third-order valence-corrected chi connectivity index (χ3v) is 18.0. The normalized spacial score (nSPS) is 14.0. The van der Waals surface area contributed by atoms with Crippen LogP contribution in [0.5, 0.6) is 0 Å². The number of carbonyl (C=O) groups excluding carboxylic acids is 4. The van der Waals surface area contributed by atoms with Gasteiger partial charge in [-0.05, 0) is 25.7 Å². The molecule has 0 aliphatic rings. The van der Waals surface area contributed by atoms with Crippen molar-refractivity contribution < 1.29 is 80.2 Å². The molecule has 17 nitrogen and oxygen atoms in total. The van der Waals surface area contributed by atoms with Crippen molar-refractivity contribution in [3.63, 3.8) is 0 Å². The number of rotatable bonds is 70. The summed E-state index contributed by atoms with van der Waals surface area (Å²) in [5, 5.41) is 10.5. The fourth-order valence-corrected chi connectivity index (χ4v) is 12.1. The Kier molecular flexibility index (Phi) is 62.4. The van der Waals surface area contributed by atoms with Crippen molar-refractivity contribution in [2.24, 2.45) is 0 Å². The number of phosphoric ester groups is 2. The first-order valence-corrected chi connectivity index (χ1v) is 39.3. The summed E-state index contributed by atoms with van der Waals surface area (Å²) >= 11 is 0. The van der Waals surface area contributed by atoms with E-state index in [0.717, 1.165) is 116 Å². The van der Waals surface area contributed by atoms with Crippen molar-refractivity contribution in [1.82, 2.24) is 0 Å². The molecule has 3 N–H and O–H groups in total. The minimum atomic E-state index is -4.95. The van der Waals surface area contributed by atoms with Crippen LogP contribution in [0.15, 0.2) is 0 Å². The quantitative estimate of drug-likeness (QED) is 0.0222. The molecule has 0 spiro atoms. The van der Waals surface area contributed by atoms with E-state index in [1.165, 1.54) is 167 Å². The first-order valence-electron chi connectivity index (χ1n) is 36.3. The monoisotopic (exact) mass is 1300 g/mol. The number of esters is 4. The van der Waals surface area contributed by atoms with Gasteiger partial charge in [0.15, 0.2) is 12.2 Å². The van der Waals surface area contributed by atoms with Crippen LogP contribution >= 0.6 is 15.6 Å². The van der Waals surface area contributed by atoms with Gasteiger partial charge in [0.25, 0.3) is 0 Å². The zero-order valence-corrected chi connectivity index (χ0v) is 58.5. The van der Waals surface area contributed by atoms with Gasteiger partial charge in [0.2, 0.25) is 0 Å². The van der Waals surface area contributed by atoms with Crippen LogP contribution in [0.2, 0.25) is 0 Å². The molecule has 0 amide bonds. The van der Waals surface area contributed by atoms with Gasteiger partial charge in [-0.15, -0.1) is 0 Å². The maximum atomic E-state index is 13.0. The summed E-state index contributed by atoms with van der Waals surface area (Å²) in [4.78, 5) is 72.2. The largest absolute Gasteiger partial charge is 0.472 e. The maximum absolute atomic E-state index is 13.0. The summed E-state index contributed by atoms with van der Waals surface area (Å²) in [6.45, 7) is 4.85. The van der Waals surface area contributed by atoms with Crippen molar-refractivity contribution >= 4 is 39.5 Å². The number of hydrogen-bond acceptors (Lipinski definition) is 15. The van der Waals surface area contributed by atoms with Crippen LogP contribution < -0.4 is 0 Å². The van der Waals surface area contributed by atoms with E-state index < -0.39 is 97.5 Å². The van der Waals surface area contributed by atoms with Crippen LogP contribution in [0.25, 0.3) is 0 Å². The van der Waals surface area contributed by atoms with Gasteiger partial charge in [-0.1, -0.05) is 310 Å². The van der Waals surface area contributed by atoms with Crippen molar-refractivity contribution in [3.05, 3.63) is 0 Å². The molecule has 0 rings (SSSR count). The van der Waals surface area contributed by atoms with Gasteiger partial charge in [-0.2, -0.15) is 0 Å². The van der Waals surface area contributed by atoms with Crippen molar-refractivity contribution in [1.29, 1.82) is 0 Å². The molecular formula is C69H134O17P2. The summed E-state index contributed by atoms with van der Waals surface area (Å²) in [6.07, 6.45) is 51.7. The first-order chi connectivity index (χ1) is 42.7. The highest BCUT2D eigenvalue weighted by Crippen LogP contribution is 2.45. The zero-order chi connectivity index (χ0) is 64.7. The zero-order valence-electron chi connectivity index (χ0n) is 56.7. The van der Waals surface area contributed by atoms with E-state index >= 15 is 0 Å². The Morgan fingerprint density at radius 2 is 0.455 bits per heavy atom. The van der Waals surface area contributed by atoms with Crippen LogP contribution in [0.1, 0.15) is 362 Å². The average molecular weight is 1300 g/mol. The Bertz CT molecular complexity index is 1690. The maximum Gasteiger partial charge on any atom is 0.472 e. The van der Waals surface area contributed by atoms with E-state index in [1.54, 1.807) is 0 Å². The summed E-state index contributed by atoms with van der Waals surface area (Å²) in [6, 6.07) is 0. The van der Waals surface area contributed by atoms with Gasteiger partial charge in [0.05, 0.1) is 26.4 Å². The molecule has 0 aromatic carbocycles. The summed E-state index contributed by atoms with van der Waals surface area (Å²) in [5.74, 6) is -2.13. The molecule has 88 heavy (non-hydrogen) atoms. The van der Waals surface area contributed by atoms with Crippen LogP contribution in [0.3, 0.4) is 0 Å². The molecule has 0 heterocycles. The van der Waals surface area contributed by atoms with E-state index in [2.05, 4.69) is 27.7 Å². The first kappa shape index (κ1) is 86.1. The van der Waals surface area contributed by atoms with E-state index in [9.17, 15) is 43.2 Å². The van der Waals surface area contributed by atoms with Crippen LogP contribution in [-0.4, -0.2) is 96.7 Å². The van der Waals surface area contributed by atoms with Crippen molar-refractivity contribution in [2.45, 2.75) is 380 Å². The van der Waals surface area contributed by atoms with Crippen LogP contribution in [-0.2, 0) is 65.4 Å². The highest BCUT2D eigenvalue weighted by molar-refractivity contribution is 7.47. The number of hydrogen-bond donors (Lipinski definition) is 3. The van der Waals surface area contributed by atoms with E-state index in [1.807, 2.05) is 0 Å². The number of unbranched alkanes of at least 4 members (excludes halogenated alkanes) is 44. The molecule has 0 fully saturated rings. The third-order valence-electron chi connectivity index (χ3n) is 16.1. The van der Waals surface area contributed by atoms with Gasteiger partial charge in [0.1, 0.15) is 19.3 Å². The third kappa shape index (κ3) is 62.8. The Morgan fingerprint density at radius 1 is 0.273 bits per heavy atom. The minimum Gasteiger partial charge on any atom is -0.462 e. The summed E-state index contributed by atoms with van der Waals surface area (Å²) in [7, 11) is -9.88. The minimum absolute atomic E-state index is 0.104. The second-order valence-electron chi connectivity index (χ2n) is 24.9. The summed E-state index contributed by atoms with van der Waals surface area (Å²) in [5.41, 5.74) is 0. The molecule has 0 saturated heterocycles. The Morgan fingerprint density at radius 3 is 0.670 bits per heavy atom. The molecule has 5 atom stereocenters. The SMILES string of the molecule is CCCCCCCCCCCCCCCCCCCCC(=O)O[C@H](COC(=O)CCCCCCCCCCCCCCCCCC)COP(=O)(O)OC[C@@H](O)COP(=O)(O)OC[C@@H](COC(=O)CCCCCCCCC)OC(=O)CCCCCCCCC. The van der Waals surface area contributed by atoms with Gasteiger partial charge in [0, 0.05) is 25.7 Å². The predicted molar refractivity (Wildman–Crippen MR) is 354 cm³/mol. The lowest BCUT2D eigenvalue weighted by molar-refractivity contribution is -0.161. The molecular weight excluding hydrogens is 1160 g/mol. The standard InChI is InChI=1S/C69H134O17P2/c1-5-9-13-17-21-23-25-27-29-31-32-34-36-38-40-44-48-52-56-69(74)86-65(60-80-67(72)54-50-46-43-39-37-35-33-30-28-26-24-22-18-14-10-6-2)62-84-88(77,78)82-58-63(70)57-81-87(75,76)83-61-64(85-68(73)55-51-47-42-20-16-12-8-4)59-79-66(71)53-49-45-41-19-15-11-7-3/h63-65,70H,5-62H2,1-4H3,(H,75,76)(H,77,78)/t63-,64+,65+/m0/s1. The smallest absolute Gasteiger partial charge is 0.462 e.